The molecule has 2 aromatic carbocycles. The van der Waals surface area contributed by atoms with Crippen molar-refractivity contribution in [2.45, 2.75) is 5.88 Å². The van der Waals surface area contributed by atoms with Crippen molar-refractivity contribution in [3.8, 4) is 11.6 Å². The highest BCUT2D eigenvalue weighted by atomic mass is 35.5. The van der Waals surface area contributed by atoms with Gasteiger partial charge in [0.1, 0.15) is 5.75 Å². The summed E-state index contributed by atoms with van der Waals surface area (Å²) in [6, 6.07) is 17.6. The molecule has 2 nitrogen and oxygen atoms in total. The number of benzene rings is 2. The van der Waals surface area contributed by atoms with Crippen molar-refractivity contribution < 1.29 is 4.74 Å². The second kappa shape index (κ2) is 5.29. The topological polar surface area (TPSA) is 22.1 Å². The maximum Gasteiger partial charge on any atom is 0.227 e. The summed E-state index contributed by atoms with van der Waals surface area (Å²) in [5.74, 6) is 1.83. The number of ether oxygens (including phenoxy) is 1. The summed E-state index contributed by atoms with van der Waals surface area (Å²) in [6.45, 7) is 0. The van der Waals surface area contributed by atoms with Crippen molar-refractivity contribution in [2.24, 2.45) is 0 Å². The van der Waals surface area contributed by atoms with Crippen LogP contribution >= 0.6 is 11.6 Å². The number of hydrogen-bond acceptors (Lipinski definition) is 2. The van der Waals surface area contributed by atoms with E-state index in [9.17, 15) is 0 Å². The molecule has 0 fully saturated rings. The Morgan fingerprint density at radius 2 is 1.58 bits per heavy atom. The van der Waals surface area contributed by atoms with Gasteiger partial charge in [-0.05, 0) is 29.1 Å². The summed E-state index contributed by atoms with van der Waals surface area (Å²) in [7, 11) is 0. The number of aromatic nitrogens is 1. The van der Waals surface area contributed by atoms with E-state index in [1.807, 2.05) is 54.6 Å². The molecule has 0 radical (unpaired) electrons. The van der Waals surface area contributed by atoms with Crippen LogP contribution in [0, 0.1) is 0 Å². The second-order valence-corrected chi connectivity index (χ2v) is 4.45. The minimum absolute atomic E-state index is 0.444. The average Bonchev–Trinajstić information content (AvgIpc) is 2.49. The largest absolute Gasteiger partial charge is 0.438 e. The lowest BCUT2D eigenvalue weighted by Gasteiger charge is -2.09. The third kappa shape index (κ3) is 2.40. The standard InChI is InChI=1S/C16H12ClNO/c17-10-12-11-18-16(15-9-5-4-8-14(12)15)19-13-6-2-1-3-7-13/h1-9,11H,10H2. The Morgan fingerprint density at radius 3 is 2.32 bits per heavy atom. The van der Waals surface area contributed by atoms with Gasteiger partial charge >= 0.3 is 0 Å². The molecule has 0 amide bonds. The second-order valence-electron chi connectivity index (χ2n) is 4.18. The van der Waals surface area contributed by atoms with Crippen molar-refractivity contribution in [2.75, 3.05) is 0 Å². The fraction of sp³-hybridized carbons (Fsp3) is 0.0625. The van der Waals surface area contributed by atoms with Crippen molar-refractivity contribution in [3.63, 3.8) is 0 Å². The highest BCUT2D eigenvalue weighted by Crippen LogP contribution is 2.30. The molecule has 0 atom stereocenters. The van der Waals surface area contributed by atoms with Crippen LogP contribution in [0.15, 0.2) is 60.8 Å². The van der Waals surface area contributed by atoms with E-state index >= 15 is 0 Å². The highest BCUT2D eigenvalue weighted by molar-refractivity contribution is 6.18. The molecule has 19 heavy (non-hydrogen) atoms. The molecule has 0 N–H and O–H groups in total. The van der Waals surface area contributed by atoms with E-state index in [1.54, 1.807) is 6.20 Å². The lowest BCUT2D eigenvalue weighted by molar-refractivity contribution is 0.469. The molecule has 0 aliphatic heterocycles. The van der Waals surface area contributed by atoms with Gasteiger partial charge in [0.15, 0.2) is 0 Å². The summed E-state index contributed by atoms with van der Waals surface area (Å²) < 4.78 is 5.84. The Bertz CT molecular complexity index is 697. The first-order valence-corrected chi connectivity index (χ1v) is 6.57. The fourth-order valence-electron chi connectivity index (χ4n) is 2.01. The summed E-state index contributed by atoms with van der Waals surface area (Å²) in [6.07, 6.45) is 1.77. The maximum atomic E-state index is 5.94. The van der Waals surface area contributed by atoms with E-state index in [4.69, 9.17) is 16.3 Å². The number of fused-ring (bicyclic) bond motifs is 1. The van der Waals surface area contributed by atoms with Crippen LogP contribution < -0.4 is 4.74 Å². The fourth-order valence-corrected chi connectivity index (χ4v) is 2.23. The van der Waals surface area contributed by atoms with Gasteiger partial charge in [-0.15, -0.1) is 11.6 Å². The van der Waals surface area contributed by atoms with E-state index < -0.39 is 0 Å². The number of alkyl halides is 1. The zero-order valence-corrected chi connectivity index (χ0v) is 11.0. The zero-order valence-electron chi connectivity index (χ0n) is 10.2. The van der Waals surface area contributed by atoms with Gasteiger partial charge in [-0.1, -0.05) is 36.4 Å². The predicted molar refractivity (Wildman–Crippen MR) is 77.8 cm³/mol. The Hall–Kier alpha value is -2.06. The average molecular weight is 270 g/mol. The Morgan fingerprint density at radius 1 is 0.895 bits per heavy atom. The molecule has 0 saturated carbocycles. The van der Waals surface area contributed by atoms with E-state index in [1.165, 1.54) is 0 Å². The molecule has 94 valence electrons. The molecule has 0 unspecified atom stereocenters. The van der Waals surface area contributed by atoms with Gasteiger partial charge in [0, 0.05) is 17.5 Å². The van der Waals surface area contributed by atoms with Crippen LogP contribution in [0.3, 0.4) is 0 Å². The Kier molecular flexibility index (Phi) is 3.34. The van der Waals surface area contributed by atoms with Crippen LogP contribution in [0.4, 0.5) is 0 Å². The van der Waals surface area contributed by atoms with E-state index in [0.717, 1.165) is 22.1 Å². The van der Waals surface area contributed by atoms with Gasteiger partial charge < -0.3 is 4.74 Å². The van der Waals surface area contributed by atoms with Crippen molar-refractivity contribution in [1.29, 1.82) is 0 Å². The minimum atomic E-state index is 0.444. The van der Waals surface area contributed by atoms with Gasteiger partial charge in [0.25, 0.3) is 0 Å². The molecule has 0 bridgehead atoms. The first-order chi connectivity index (χ1) is 9.38. The molecule has 3 aromatic rings. The summed E-state index contributed by atoms with van der Waals surface area (Å²) in [5.41, 5.74) is 1.01. The van der Waals surface area contributed by atoms with Crippen molar-refractivity contribution >= 4 is 22.4 Å². The van der Waals surface area contributed by atoms with Gasteiger partial charge in [-0.2, -0.15) is 0 Å². The zero-order chi connectivity index (χ0) is 13.1. The number of para-hydroxylation sites is 1. The number of rotatable bonds is 3. The number of pyridine rings is 1. The summed E-state index contributed by atoms with van der Waals surface area (Å²) in [5, 5.41) is 2.06. The maximum absolute atomic E-state index is 5.94. The molecule has 0 aliphatic carbocycles. The minimum Gasteiger partial charge on any atom is -0.438 e. The molecule has 1 heterocycles. The van der Waals surface area contributed by atoms with Crippen LogP contribution in [0.25, 0.3) is 10.8 Å². The van der Waals surface area contributed by atoms with Gasteiger partial charge in [0.2, 0.25) is 5.88 Å². The van der Waals surface area contributed by atoms with Gasteiger partial charge in [-0.25, -0.2) is 4.98 Å². The number of hydrogen-bond donors (Lipinski definition) is 0. The molecular formula is C16H12ClNO. The van der Waals surface area contributed by atoms with Gasteiger partial charge in [0.05, 0.1) is 0 Å². The molecule has 1 aromatic heterocycles. The smallest absolute Gasteiger partial charge is 0.227 e. The normalized spacial score (nSPS) is 10.6. The predicted octanol–water partition coefficient (Wildman–Crippen LogP) is 4.77. The summed E-state index contributed by atoms with van der Waals surface area (Å²) in [4.78, 5) is 4.37. The first kappa shape index (κ1) is 12.0. The molecule has 0 saturated heterocycles. The Labute approximate surface area is 116 Å². The Balaban J connectivity index is 2.10. The quantitative estimate of drug-likeness (QED) is 0.639. The third-order valence-electron chi connectivity index (χ3n) is 2.94. The SMILES string of the molecule is ClCc1cnc(Oc2ccccc2)c2ccccc12. The van der Waals surface area contributed by atoms with Crippen LogP contribution in [0.5, 0.6) is 11.6 Å². The molecule has 3 rings (SSSR count). The summed E-state index contributed by atoms with van der Waals surface area (Å²) >= 11 is 5.94. The van der Waals surface area contributed by atoms with Crippen LogP contribution in [0.2, 0.25) is 0 Å². The third-order valence-corrected chi connectivity index (χ3v) is 3.23. The number of halogens is 1. The van der Waals surface area contributed by atoms with Crippen molar-refractivity contribution in [3.05, 3.63) is 66.4 Å². The monoisotopic (exact) mass is 269 g/mol. The van der Waals surface area contributed by atoms with E-state index in [-0.39, 0.29) is 0 Å². The van der Waals surface area contributed by atoms with E-state index in [0.29, 0.717) is 11.8 Å². The lowest BCUT2D eigenvalue weighted by atomic mass is 10.1. The molecular weight excluding hydrogens is 258 g/mol. The number of nitrogens with zero attached hydrogens (tertiary/aromatic N) is 1. The van der Waals surface area contributed by atoms with Crippen molar-refractivity contribution in [1.82, 2.24) is 4.98 Å². The van der Waals surface area contributed by atoms with E-state index in [2.05, 4.69) is 4.98 Å². The van der Waals surface area contributed by atoms with Gasteiger partial charge in [-0.3, -0.25) is 0 Å². The first-order valence-electron chi connectivity index (χ1n) is 6.04. The van der Waals surface area contributed by atoms with Crippen LogP contribution in [-0.4, -0.2) is 4.98 Å². The molecule has 0 spiro atoms. The highest BCUT2D eigenvalue weighted by Gasteiger charge is 2.08. The van der Waals surface area contributed by atoms with Crippen LogP contribution in [0.1, 0.15) is 5.56 Å². The lowest BCUT2D eigenvalue weighted by Crippen LogP contribution is -1.92. The molecule has 3 heteroatoms. The van der Waals surface area contributed by atoms with Crippen LogP contribution in [-0.2, 0) is 5.88 Å². The molecule has 0 aliphatic rings.